The molecule has 0 atom stereocenters. The Morgan fingerprint density at radius 1 is 0.771 bits per heavy atom. The van der Waals surface area contributed by atoms with Gasteiger partial charge in [-0.1, -0.05) is 18.2 Å². The SMILES string of the molecule is [C-]#[N+]c1ccc(Oc2ccc(Oc3ccc(B4OC(C)(C)C(C)(C)O4)c(C=O)c3)c(C=O)c2)cc1. The van der Waals surface area contributed by atoms with E-state index in [1.54, 1.807) is 60.7 Å². The molecule has 1 saturated heterocycles. The number of ether oxygens (including phenoxy) is 2. The van der Waals surface area contributed by atoms with Crippen molar-refractivity contribution in [3.8, 4) is 23.0 Å². The molecular formula is C27H24BNO6. The van der Waals surface area contributed by atoms with Gasteiger partial charge in [-0.05, 0) is 75.6 Å². The fourth-order valence-corrected chi connectivity index (χ4v) is 3.53. The predicted molar refractivity (Wildman–Crippen MR) is 132 cm³/mol. The van der Waals surface area contributed by atoms with Gasteiger partial charge < -0.3 is 18.8 Å². The van der Waals surface area contributed by atoms with Crippen molar-refractivity contribution in [2.45, 2.75) is 38.9 Å². The summed E-state index contributed by atoms with van der Waals surface area (Å²) in [4.78, 5) is 26.9. The van der Waals surface area contributed by atoms with Crippen LogP contribution in [0.4, 0.5) is 5.69 Å². The third kappa shape index (κ3) is 4.97. The number of rotatable bonds is 7. The zero-order chi connectivity index (χ0) is 25.2. The standard InChI is InChI=1S/C27H24BNO6/c1-26(2)27(3,4)35-28(34-26)24-12-10-23(14-18(24)16-30)33-25-13-11-22(15-19(25)17-31)32-21-8-6-20(29-5)7-9-21/h6-17H,1-4H3. The number of carbonyl (C=O) groups excluding carboxylic acids is 2. The van der Waals surface area contributed by atoms with Gasteiger partial charge in [-0.15, -0.1) is 0 Å². The lowest BCUT2D eigenvalue weighted by Gasteiger charge is -2.32. The van der Waals surface area contributed by atoms with Crippen molar-refractivity contribution in [3.05, 3.63) is 83.2 Å². The summed E-state index contributed by atoms with van der Waals surface area (Å²) < 4.78 is 23.8. The summed E-state index contributed by atoms with van der Waals surface area (Å²) in [7, 11) is -0.680. The van der Waals surface area contributed by atoms with Gasteiger partial charge in [0.05, 0.1) is 23.3 Å². The molecule has 0 amide bonds. The molecule has 0 bridgehead atoms. The highest BCUT2D eigenvalue weighted by molar-refractivity contribution is 6.63. The molecule has 3 aromatic rings. The lowest BCUT2D eigenvalue weighted by atomic mass is 9.76. The molecule has 3 aromatic carbocycles. The molecule has 0 aliphatic carbocycles. The molecule has 4 rings (SSSR count). The van der Waals surface area contributed by atoms with Crippen molar-refractivity contribution in [1.29, 1.82) is 0 Å². The largest absolute Gasteiger partial charge is 0.495 e. The minimum atomic E-state index is -0.680. The van der Waals surface area contributed by atoms with Crippen LogP contribution < -0.4 is 14.9 Å². The maximum atomic E-state index is 11.8. The highest BCUT2D eigenvalue weighted by Crippen LogP contribution is 2.37. The van der Waals surface area contributed by atoms with E-state index in [4.69, 9.17) is 25.4 Å². The molecular weight excluding hydrogens is 445 g/mol. The summed E-state index contributed by atoms with van der Waals surface area (Å²) in [6.07, 6.45) is 1.40. The average Bonchev–Trinajstić information content (AvgIpc) is 3.06. The van der Waals surface area contributed by atoms with E-state index >= 15 is 0 Å². The number of nitrogens with zero attached hydrogens (tertiary/aromatic N) is 1. The zero-order valence-electron chi connectivity index (χ0n) is 19.9. The van der Waals surface area contributed by atoms with Crippen LogP contribution in [-0.4, -0.2) is 30.9 Å². The first-order valence-corrected chi connectivity index (χ1v) is 11.0. The van der Waals surface area contributed by atoms with E-state index < -0.39 is 18.3 Å². The van der Waals surface area contributed by atoms with Crippen molar-refractivity contribution < 1.29 is 28.4 Å². The first-order valence-electron chi connectivity index (χ1n) is 11.0. The van der Waals surface area contributed by atoms with Crippen LogP contribution in [0.3, 0.4) is 0 Å². The Hall–Kier alpha value is -3.93. The van der Waals surface area contributed by atoms with Crippen LogP contribution in [0.25, 0.3) is 4.85 Å². The molecule has 1 aliphatic heterocycles. The van der Waals surface area contributed by atoms with Gasteiger partial charge in [-0.3, -0.25) is 9.59 Å². The Morgan fingerprint density at radius 3 is 1.91 bits per heavy atom. The summed E-state index contributed by atoms with van der Waals surface area (Å²) in [5.74, 6) is 1.69. The summed E-state index contributed by atoms with van der Waals surface area (Å²) in [5.41, 5.74) is 0.700. The fourth-order valence-electron chi connectivity index (χ4n) is 3.53. The number of hydrogen-bond acceptors (Lipinski definition) is 6. The van der Waals surface area contributed by atoms with Gasteiger partial charge in [0.25, 0.3) is 0 Å². The Balaban J connectivity index is 1.54. The smallest absolute Gasteiger partial charge is 0.457 e. The van der Waals surface area contributed by atoms with Crippen LogP contribution >= 0.6 is 0 Å². The fraction of sp³-hybridized carbons (Fsp3) is 0.222. The van der Waals surface area contributed by atoms with Gasteiger partial charge >= 0.3 is 7.12 Å². The third-order valence-electron chi connectivity index (χ3n) is 6.23. The lowest BCUT2D eigenvalue weighted by molar-refractivity contribution is 0.00578. The van der Waals surface area contributed by atoms with Crippen LogP contribution in [-0.2, 0) is 9.31 Å². The molecule has 0 aromatic heterocycles. The molecule has 1 fully saturated rings. The van der Waals surface area contributed by atoms with E-state index in [-0.39, 0.29) is 5.56 Å². The van der Waals surface area contributed by atoms with E-state index in [1.807, 2.05) is 27.7 Å². The number of hydrogen-bond donors (Lipinski definition) is 0. The molecule has 0 spiro atoms. The summed E-state index contributed by atoms with van der Waals surface area (Å²) >= 11 is 0. The number of benzene rings is 3. The van der Waals surface area contributed by atoms with Crippen molar-refractivity contribution in [2.75, 3.05) is 0 Å². The molecule has 0 saturated carbocycles. The van der Waals surface area contributed by atoms with Crippen LogP contribution in [0, 0.1) is 6.57 Å². The average molecular weight is 469 g/mol. The lowest BCUT2D eigenvalue weighted by Crippen LogP contribution is -2.41. The topological polar surface area (TPSA) is 75.4 Å². The van der Waals surface area contributed by atoms with Gasteiger partial charge in [0.1, 0.15) is 29.3 Å². The van der Waals surface area contributed by atoms with E-state index in [0.717, 1.165) is 6.29 Å². The van der Waals surface area contributed by atoms with Gasteiger partial charge in [0.15, 0.2) is 12.0 Å². The first kappa shape index (κ1) is 24.2. The zero-order valence-corrected chi connectivity index (χ0v) is 19.9. The summed E-state index contributed by atoms with van der Waals surface area (Å²) in [6.45, 7) is 14.8. The molecule has 0 unspecified atom stereocenters. The van der Waals surface area contributed by atoms with Gasteiger partial charge in [0.2, 0.25) is 0 Å². The highest BCUT2D eigenvalue weighted by atomic mass is 16.7. The van der Waals surface area contributed by atoms with E-state index in [1.165, 1.54) is 0 Å². The third-order valence-corrected chi connectivity index (χ3v) is 6.23. The second kappa shape index (κ2) is 9.38. The van der Waals surface area contributed by atoms with E-state index in [2.05, 4.69) is 4.85 Å². The number of carbonyl (C=O) groups is 2. The molecule has 0 radical (unpaired) electrons. The second-order valence-corrected chi connectivity index (χ2v) is 9.12. The van der Waals surface area contributed by atoms with Crippen LogP contribution in [0.5, 0.6) is 23.0 Å². The highest BCUT2D eigenvalue weighted by Gasteiger charge is 2.52. The van der Waals surface area contributed by atoms with Crippen molar-refractivity contribution >= 4 is 30.8 Å². The molecule has 8 heteroatoms. The Bertz CT molecular complexity index is 1290. The minimum Gasteiger partial charge on any atom is -0.457 e. The van der Waals surface area contributed by atoms with Gasteiger partial charge in [-0.2, -0.15) is 0 Å². The van der Waals surface area contributed by atoms with Crippen molar-refractivity contribution in [1.82, 2.24) is 0 Å². The second-order valence-electron chi connectivity index (χ2n) is 9.12. The summed E-state index contributed by atoms with van der Waals surface area (Å²) in [5, 5.41) is 0. The Kier molecular flexibility index (Phi) is 6.48. The van der Waals surface area contributed by atoms with E-state index in [0.29, 0.717) is 46.0 Å². The van der Waals surface area contributed by atoms with Crippen molar-refractivity contribution in [3.63, 3.8) is 0 Å². The molecule has 7 nitrogen and oxygen atoms in total. The van der Waals surface area contributed by atoms with Crippen LogP contribution in [0.15, 0.2) is 60.7 Å². The quantitative estimate of drug-likeness (QED) is 0.249. The first-order chi connectivity index (χ1) is 16.7. The Labute approximate surface area is 204 Å². The van der Waals surface area contributed by atoms with Crippen molar-refractivity contribution in [2.24, 2.45) is 0 Å². The molecule has 0 N–H and O–H groups in total. The normalized spacial score (nSPS) is 15.8. The van der Waals surface area contributed by atoms with E-state index in [9.17, 15) is 9.59 Å². The van der Waals surface area contributed by atoms with Gasteiger partial charge in [-0.25, -0.2) is 4.85 Å². The number of aldehydes is 2. The molecule has 35 heavy (non-hydrogen) atoms. The van der Waals surface area contributed by atoms with Crippen LogP contribution in [0.1, 0.15) is 48.4 Å². The minimum absolute atomic E-state index is 0.281. The summed E-state index contributed by atoms with van der Waals surface area (Å²) in [6, 6.07) is 16.5. The molecule has 1 heterocycles. The maximum Gasteiger partial charge on any atom is 0.495 e. The monoisotopic (exact) mass is 469 g/mol. The molecule has 1 aliphatic rings. The Morgan fingerprint density at radius 2 is 1.31 bits per heavy atom. The van der Waals surface area contributed by atoms with Crippen LogP contribution in [0.2, 0.25) is 0 Å². The van der Waals surface area contributed by atoms with Gasteiger partial charge in [0, 0.05) is 5.56 Å². The molecule has 176 valence electrons. The predicted octanol–water partition coefficient (Wildman–Crippen LogP) is 5.75. The maximum absolute atomic E-state index is 11.8.